The molecule has 38 heavy (non-hydrogen) atoms. The zero-order valence-electron chi connectivity index (χ0n) is 22.4. The van der Waals surface area contributed by atoms with Crippen LogP contribution in [0.25, 0.3) is 0 Å². The molecule has 0 aliphatic carbocycles. The number of nitriles is 1. The molecular weight excluding hydrogens is 490 g/mol. The Morgan fingerprint density at radius 1 is 1.00 bits per heavy atom. The lowest BCUT2D eigenvalue weighted by Gasteiger charge is -2.20. The van der Waals surface area contributed by atoms with Gasteiger partial charge in [-0.1, -0.05) is 67.6 Å². The molecule has 3 aromatic rings. The van der Waals surface area contributed by atoms with Crippen LogP contribution in [0.1, 0.15) is 47.6 Å². The van der Waals surface area contributed by atoms with Gasteiger partial charge in [0.15, 0.2) is 0 Å². The molecule has 194 valence electrons. The number of hydrogen-bond donors (Lipinski definition) is 1. The molecule has 1 N–H and O–H groups in total. The fourth-order valence-electron chi connectivity index (χ4n) is 4.44. The van der Waals surface area contributed by atoms with E-state index in [4.69, 9.17) is 0 Å². The second-order valence-corrected chi connectivity index (χ2v) is 11.0. The number of carbonyl (C=O) groups is 2. The second kappa shape index (κ2) is 12.1. The summed E-state index contributed by atoms with van der Waals surface area (Å²) >= 11 is 1.29. The molecule has 1 heterocycles. The fraction of sp³-hybridized carbons (Fsp3) is 0.281. The number of amides is 2. The molecule has 0 saturated carbocycles. The summed E-state index contributed by atoms with van der Waals surface area (Å²) in [4.78, 5) is 28.6. The van der Waals surface area contributed by atoms with Crippen molar-refractivity contribution in [2.24, 2.45) is 0 Å². The molecule has 2 amide bonds. The van der Waals surface area contributed by atoms with Gasteiger partial charge in [-0.25, -0.2) is 0 Å². The van der Waals surface area contributed by atoms with Crippen LogP contribution in [0.5, 0.6) is 0 Å². The molecule has 1 aliphatic rings. The fourth-order valence-corrected chi connectivity index (χ4v) is 5.75. The lowest BCUT2D eigenvalue weighted by Crippen LogP contribution is -2.31. The molecule has 1 aliphatic heterocycles. The predicted octanol–water partition coefficient (Wildman–Crippen LogP) is 7.02. The molecule has 0 bridgehead atoms. The van der Waals surface area contributed by atoms with Crippen LogP contribution in [-0.4, -0.2) is 17.1 Å². The molecule has 1 fully saturated rings. The molecule has 0 radical (unpaired) electrons. The first kappa shape index (κ1) is 27.2. The highest BCUT2D eigenvalue weighted by Crippen LogP contribution is 2.42. The van der Waals surface area contributed by atoms with Crippen molar-refractivity contribution in [3.63, 3.8) is 0 Å². The Bertz CT molecular complexity index is 1420. The number of hydrogen-bond acceptors (Lipinski definition) is 4. The van der Waals surface area contributed by atoms with Crippen LogP contribution in [-0.2, 0) is 22.4 Å². The Kier molecular flexibility index (Phi) is 8.70. The summed E-state index contributed by atoms with van der Waals surface area (Å²) in [5, 5.41) is 12.9. The van der Waals surface area contributed by atoms with Crippen molar-refractivity contribution in [3.8, 4) is 6.07 Å². The van der Waals surface area contributed by atoms with Crippen molar-refractivity contribution in [2.45, 2.75) is 58.6 Å². The summed E-state index contributed by atoms with van der Waals surface area (Å²) in [5.41, 5.74) is 6.68. The third kappa shape index (κ3) is 6.17. The number of anilines is 2. The smallest absolute Gasteiger partial charge is 0.269 e. The van der Waals surface area contributed by atoms with Crippen molar-refractivity contribution >= 4 is 35.0 Å². The van der Waals surface area contributed by atoms with Gasteiger partial charge in [-0.05, 0) is 92.1 Å². The Balaban J connectivity index is 1.68. The number of carbonyl (C=O) groups excluding carboxylic acids is 2. The third-order valence-corrected chi connectivity index (χ3v) is 8.06. The van der Waals surface area contributed by atoms with Gasteiger partial charge in [0.1, 0.15) is 16.7 Å². The molecule has 5 nitrogen and oxygen atoms in total. The highest BCUT2D eigenvalue weighted by Gasteiger charge is 2.41. The minimum absolute atomic E-state index is 0.0690. The Morgan fingerprint density at radius 2 is 1.74 bits per heavy atom. The number of benzene rings is 3. The molecule has 6 heteroatoms. The van der Waals surface area contributed by atoms with Crippen molar-refractivity contribution in [2.75, 3.05) is 10.2 Å². The number of aryl methyl sites for hydroxylation is 4. The van der Waals surface area contributed by atoms with Gasteiger partial charge < -0.3 is 5.32 Å². The van der Waals surface area contributed by atoms with Gasteiger partial charge in [-0.3, -0.25) is 14.5 Å². The maximum Gasteiger partial charge on any atom is 0.269 e. The third-order valence-electron chi connectivity index (χ3n) is 6.79. The van der Waals surface area contributed by atoms with E-state index in [0.717, 1.165) is 41.5 Å². The number of rotatable bonds is 8. The molecule has 1 saturated heterocycles. The Labute approximate surface area is 229 Å². The Hall–Kier alpha value is -3.82. The van der Waals surface area contributed by atoms with Crippen LogP contribution in [0.4, 0.5) is 11.4 Å². The first-order chi connectivity index (χ1) is 18.3. The van der Waals surface area contributed by atoms with Crippen molar-refractivity contribution in [1.29, 1.82) is 5.26 Å². The van der Waals surface area contributed by atoms with E-state index in [1.807, 2.05) is 57.2 Å². The standard InChI is InChI=1S/C32H33N3O2S/c1-5-6-9-24-12-14-25(15-13-24)19-29-31(37)35(27-16-11-22(3)23(4)18-27)32(38-29)28(20-33)30(36)34-26-10-7-8-21(2)17-26/h7-8,10-18,29H,5-6,9,19H2,1-4H3,(H,34,36)/b32-28-. The molecule has 3 aromatic carbocycles. The lowest BCUT2D eigenvalue weighted by molar-refractivity contribution is -0.117. The maximum absolute atomic E-state index is 13.8. The zero-order chi connectivity index (χ0) is 27.2. The van der Waals surface area contributed by atoms with Gasteiger partial charge in [0, 0.05) is 11.4 Å². The van der Waals surface area contributed by atoms with E-state index < -0.39 is 11.2 Å². The van der Waals surface area contributed by atoms with E-state index in [-0.39, 0.29) is 11.5 Å². The van der Waals surface area contributed by atoms with E-state index in [1.165, 1.54) is 17.3 Å². The minimum Gasteiger partial charge on any atom is -0.321 e. The van der Waals surface area contributed by atoms with Crippen molar-refractivity contribution in [1.82, 2.24) is 0 Å². The van der Waals surface area contributed by atoms with Crippen molar-refractivity contribution < 1.29 is 9.59 Å². The largest absolute Gasteiger partial charge is 0.321 e. The molecule has 4 rings (SSSR count). The van der Waals surface area contributed by atoms with Crippen LogP contribution in [0, 0.1) is 32.1 Å². The summed E-state index contributed by atoms with van der Waals surface area (Å²) < 4.78 is 0. The van der Waals surface area contributed by atoms with E-state index in [0.29, 0.717) is 22.8 Å². The molecule has 1 atom stereocenters. The topological polar surface area (TPSA) is 73.2 Å². The highest BCUT2D eigenvalue weighted by molar-refractivity contribution is 8.05. The molecule has 0 spiro atoms. The summed E-state index contributed by atoms with van der Waals surface area (Å²) in [7, 11) is 0. The van der Waals surface area contributed by atoms with E-state index in [1.54, 1.807) is 11.0 Å². The average molecular weight is 524 g/mol. The monoisotopic (exact) mass is 523 g/mol. The van der Waals surface area contributed by atoms with Gasteiger partial charge in [0.05, 0.1) is 5.25 Å². The molecule has 0 aromatic heterocycles. The first-order valence-corrected chi connectivity index (χ1v) is 13.9. The second-order valence-electron chi connectivity index (χ2n) is 9.79. The number of thioether (sulfide) groups is 1. The van der Waals surface area contributed by atoms with Gasteiger partial charge >= 0.3 is 0 Å². The van der Waals surface area contributed by atoms with Gasteiger partial charge in [0.2, 0.25) is 5.91 Å². The predicted molar refractivity (Wildman–Crippen MR) is 156 cm³/mol. The summed E-state index contributed by atoms with van der Waals surface area (Å²) in [5.74, 6) is -0.650. The van der Waals surface area contributed by atoms with Crippen LogP contribution < -0.4 is 10.2 Å². The quantitative estimate of drug-likeness (QED) is 0.254. The summed E-state index contributed by atoms with van der Waals surface area (Å²) in [6.45, 7) is 8.12. The number of nitrogens with zero attached hydrogens (tertiary/aromatic N) is 2. The minimum atomic E-state index is -0.525. The highest BCUT2D eigenvalue weighted by atomic mass is 32.2. The average Bonchev–Trinajstić information content (AvgIpc) is 3.21. The van der Waals surface area contributed by atoms with Crippen LogP contribution >= 0.6 is 11.8 Å². The Morgan fingerprint density at radius 3 is 2.39 bits per heavy atom. The number of nitrogens with one attached hydrogen (secondary N) is 1. The van der Waals surface area contributed by atoms with Crippen LogP contribution in [0.2, 0.25) is 0 Å². The van der Waals surface area contributed by atoms with Crippen LogP contribution in [0.3, 0.4) is 0 Å². The van der Waals surface area contributed by atoms with Gasteiger partial charge in [-0.15, -0.1) is 0 Å². The van der Waals surface area contributed by atoms with Gasteiger partial charge in [-0.2, -0.15) is 5.26 Å². The zero-order valence-corrected chi connectivity index (χ0v) is 23.2. The maximum atomic E-state index is 13.8. The molecular formula is C32H33N3O2S. The SMILES string of the molecule is CCCCc1ccc(CC2S/C(=C(/C#N)C(=O)Nc3cccc(C)c3)N(c3ccc(C)c(C)c3)C2=O)cc1. The van der Waals surface area contributed by atoms with E-state index in [2.05, 4.69) is 42.6 Å². The molecule has 1 unspecified atom stereocenters. The summed E-state index contributed by atoms with van der Waals surface area (Å²) in [6.07, 6.45) is 3.86. The normalized spacial score (nSPS) is 16.3. The van der Waals surface area contributed by atoms with Gasteiger partial charge in [0.25, 0.3) is 5.91 Å². The van der Waals surface area contributed by atoms with E-state index in [9.17, 15) is 14.9 Å². The van der Waals surface area contributed by atoms with E-state index >= 15 is 0 Å². The summed E-state index contributed by atoms with van der Waals surface area (Å²) in [6, 6.07) is 23.7. The lowest BCUT2D eigenvalue weighted by atomic mass is 10.0. The van der Waals surface area contributed by atoms with Crippen molar-refractivity contribution in [3.05, 3.63) is 105 Å². The van der Waals surface area contributed by atoms with Crippen LogP contribution in [0.15, 0.2) is 77.3 Å². The first-order valence-electron chi connectivity index (χ1n) is 13.0. The number of unbranched alkanes of at least 4 members (excludes halogenated alkanes) is 1.